The van der Waals surface area contributed by atoms with Gasteiger partial charge in [0.25, 0.3) is 0 Å². The molecule has 46 heavy (non-hydrogen) atoms. The Hall–Kier alpha value is -5.13. The molecule has 12 heteroatoms. The highest BCUT2D eigenvalue weighted by molar-refractivity contribution is 5.98. The predicted octanol–water partition coefficient (Wildman–Crippen LogP) is 8.63. The first-order chi connectivity index (χ1) is 22.2. The van der Waals surface area contributed by atoms with Crippen molar-refractivity contribution in [2.75, 3.05) is 13.2 Å². The summed E-state index contributed by atoms with van der Waals surface area (Å²) >= 11 is 0. The van der Waals surface area contributed by atoms with Crippen LogP contribution in [0.15, 0.2) is 54.7 Å². The maximum Gasteiger partial charge on any atom is 0.241 e. The lowest BCUT2D eigenvalue weighted by molar-refractivity contribution is 0.0975. The first-order valence-corrected chi connectivity index (χ1v) is 14.8. The van der Waals surface area contributed by atoms with Gasteiger partial charge in [0, 0.05) is 23.6 Å². The molecular weight excluding hydrogens is 606 g/mol. The van der Waals surface area contributed by atoms with Crippen LogP contribution in [0.1, 0.15) is 49.0 Å². The number of rotatable bonds is 12. The predicted molar refractivity (Wildman–Crippen MR) is 160 cm³/mol. The van der Waals surface area contributed by atoms with Crippen molar-refractivity contribution in [1.82, 2.24) is 14.6 Å². The third kappa shape index (κ3) is 6.07. The van der Waals surface area contributed by atoms with Gasteiger partial charge < -0.3 is 18.9 Å². The number of ether oxygens (including phenoxy) is 4. The van der Waals surface area contributed by atoms with Crippen molar-refractivity contribution in [1.29, 1.82) is 0 Å². The van der Waals surface area contributed by atoms with Gasteiger partial charge in [-0.25, -0.2) is 9.50 Å². The van der Waals surface area contributed by atoms with Gasteiger partial charge in [0.05, 0.1) is 25.1 Å². The number of ketones is 1. The van der Waals surface area contributed by atoms with Crippen LogP contribution < -0.4 is 18.9 Å². The third-order valence-corrected chi connectivity index (χ3v) is 7.46. The molecule has 5 aromatic rings. The fourth-order valence-electron chi connectivity index (χ4n) is 5.02. The first kappa shape index (κ1) is 30.9. The first-order valence-electron chi connectivity index (χ1n) is 14.8. The van der Waals surface area contributed by atoms with Gasteiger partial charge in [0.1, 0.15) is 0 Å². The molecule has 1 saturated carbocycles. The number of hydrogen-bond acceptors (Lipinski definition) is 7. The summed E-state index contributed by atoms with van der Waals surface area (Å²) in [4.78, 5) is 17.2. The van der Waals surface area contributed by atoms with E-state index in [4.69, 9.17) is 18.9 Å². The Bertz CT molecular complexity index is 1960. The second kappa shape index (κ2) is 12.7. The van der Waals surface area contributed by atoms with Crippen molar-refractivity contribution >= 4 is 11.4 Å². The minimum Gasteiger partial charge on any atom is -0.491 e. The van der Waals surface area contributed by atoms with Crippen molar-refractivity contribution in [3.05, 3.63) is 89.1 Å². The number of Topliss-reactive ketones (excluding diaryl/α,β-unsaturated/α-hetero) is 1. The van der Waals surface area contributed by atoms with E-state index in [2.05, 4.69) is 10.1 Å². The smallest absolute Gasteiger partial charge is 0.241 e. The van der Waals surface area contributed by atoms with Crippen LogP contribution in [0.4, 0.5) is 17.6 Å². The average Bonchev–Trinajstić information content (AvgIpc) is 3.75. The fraction of sp³-hybridized carbons (Fsp3) is 0.265. The molecule has 1 aliphatic carbocycles. The summed E-state index contributed by atoms with van der Waals surface area (Å²) in [5, 5.41) is 4.43. The minimum atomic E-state index is -1.32. The Morgan fingerprint density at radius 1 is 0.804 bits per heavy atom. The molecule has 6 rings (SSSR count). The monoisotopic (exact) mass is 635 g/mol. The zero-order chi connectivity index (χ0) is 32.5. The Morgan fingerprint density at radius 3 is 1.98 bits per heavy atom. The molecule has 0 N–H and O–H groups in total. The third-order valence-electron chi connectivity index (χ3n) is 7.46. The van der Waals surface area contributed by atoms with Gasteiger partial charge in [-0.05, 0) is 75.4 Å². The highest BCUT2D eigenvalue weighted by Gasteiger charge is 2.26. The van der Waals surface area contributed by atoms with E-state index in [1.807, 2.05) is 13.0 Å². The molecule has 2 heterocycles. The molecule has 0 atom stereocenters. The Labute approximate surface area is 261 Å². The fourth-order valence-corrected chi connectivity index (χ4v) is 5.02. The van der Waals surface area contributed by atoms with Crippen molar-refractivity contribution in [2.45, 2.75) is 40.0 Å². The van der Waals surface area contributed by atoms with Gasteiger partial charge in [0.2, 0.25) is 29.1 Å². The summed E-state index contributed by atoms with van der Waals surface area (Å²) in [6.45, 7) is 5.34. The molecule has 0 spiro atoms. The van der Waals surface area contributed by atoms with Crippen LogP contribution >= 0.6 is 0 Å². The summed E-state index contributed by atoms with van der Waals surface area (Å²) in [6, 6.07) is 11.3. The van der Waals surface area contributed by atoms with E-state index in [-0.39, 0.29) is 47.8 Å². The highest BCUT2D eigenvalue weighted by Crippen LogP contribution is 2.38. The molecule has 0 amide bonds. The molecule has 0 saturated heterocycles. The molecule has 1 fully saturated rings. The maximum absolute atomic E-state index is 15.0. The topological polar surface area (TPSA) is 84.2 Å². The standard InChI is InChI=1S/C34H29F4N3O5/c1-4-43-24-10-12-26(32(37)30(24)35)45-28-16-29(46-27-13-11-25(44-5-2)31(36)33(27)38)40-41-22(17-39-34(28)41)20-8-9-21(18(3)14-20)23(42)15-19-6-7-19/h8-14,16-17,19H,4-7,15H2,1-3H3. The number of imidazole rings is 1. The number of benzene rings is 3. The van der Waals surface area contributed by atoms with Crippen LogP contribution in [0.2, 0.25) is 0 Å². The van der Waals surface area contributed by atoms with Gasteiger partial charge in [0.15, 0.2) is 40.2 Å². The van der Waals surface area contributed by atoms with E-state index in [0.29, 0.717) is 29.2 Å². The molecular formula is C34H29F4N3O5. The van der Waals surface area contributed by atoms with Crippen LogP contribution in [-0.4, -0.2) is 33.6 Å². The molecule has 238 valence electrons. The van der Waals surface area contributed by atoms with Crippen molar-refractivity contribution in [3.63, 3.8) is 0 Å². The molecule has 0 bridgehead atoms. The van der Waals surface area contributed by atoms with E-state index < -0.39 is 34.8 Å². The molecule has 1 aliphatic rings. The van der Waals surface area contributed by atoms with Gasteiger partial charge >= 0.3 is 0 Å². The van der Waals surface area contributed by atoms with Crippen molar-refractivity contribution < 1.29 is 41.3 Å². The molecule has 8 nitrogen and oxygen atoms in total. The minimum absolute atomic E-state index is 0.0726. The zero-order valence-electron chi connectivity index (χ0n) is 25.2. The number of carbonyl (C=O) groups is 1. The van der Waals surface area contributed by atoms with Crippen molar-refractivity contribution in [3.8, 4) is 45.9 Å². The van der Waals surface area contributed by atoms with Crippen LogP contribution in [-0.2, 0) is 0 Å². The maximum atomic E-state index is 15.0. The Balaban J connectivity index is 1.43. The van der Waals surface area contributed by atoms with Gasteiger partial charge in [-0.2, -0.15) is 17.6 Å². The van der Waals surface area contributed by atoms with E-state index in [9.17, 15) is 18.0 Å². The van der Waals surface area contributed by atoms with Crippen molar-refractivity contribution in [2.24, 2.45) is 5.92 Å². The molecule has 2 aromatic heterocycles. The van der Waals surface area contributed by atoms with Gasteiger partial charge in [-0.3, -0.25) is 4.79 Å². The number of aromatic nitrogens is 3. The lowest BCUT2D eigenvalue weighted by atomic mass is 9.98. The summed E-state index contributed by atoms with van der Waals surface area (Å²) in [5.74, 6) is -6.59. The normalized spacial score (nSPS) is 12.8. The lowest BCUT2D eigenvalue weighted by Crippen LogP contribution is -2.04. The zero-order valence-corrected chi connectivity index (χ0v) is 25.2. The largest absolute Gasteiger partial charge is 0.491 e. The summed E-state index contributed by atoms with van der Waals surface area (Å²) in [5.41, 5.74) is 2.50. The quantitative estimate of drug-likeness (QED) is 0.100. The highest BCUT2D eigenvalue weighted by atomic mass is 19.2. The summed E-state index contributed by atoms with van der Waals surface area (Å²) < 4.78 is 82.3. The van der Waals surface area contributed by atoms with Gasteiger partial charge in [-0.1, -0.05) is 12.1 Å². The lowest BCUT2D eigenvalue weighted by Gasteiger charge is -2.14. The second-order valence-electron chi connectivity index (χ2n) is 10.8. The second-order valence-corrected chi connectivity index (χ2v) is 10.8. The van der Waals surface area contributed by atoms with E-state index in [1.54, 1.807) is 26.0 Å². The summed E-state index contributed by atoms with van der Waals surface area (Å²) in [6.07, 6.45) is 4.10. The number of halogens is 4. The SMILES string of the molecule is CCOc1ccc(Oc2cc(Oc3ccc(OCC)c(F)c3F)c3ncc(-c4ccc(C(=O)CC5CC5)c(C)c4)n3n2)c(F)c1F. The summed E-state index contributed by atoms with van der Waals surface area (Å²) in [7, 11) is 0. The van der Waals surface area contributed by atoms with E-state index in [1.165, 1.54) is 41.0 Å². The molecule has 0 aliphatic heterocycles. The average molecular weight is 636 g/mol. The number of fused-ring (bicyclic) bond motifs is 1. The van der Waals surface area contributed by atoms with Crippen LogP contribution in [0.25, 0.3) is 16.9 Å². The molecule has 3 aromatic carbocycles. The number of hydrogen-bond donors (Lipinski definition) is 0. The van der Waals surface area contributed by atoms with Crippen LogP contribution in [0.5, 0.6) is 34.6 Å². The Kier molecular flexibility index (Phi) is 8.53. The van der Waals surface area contributed by atoms with Gasteiger partial charge in [-0.15, -0.1) is 5.10 Å². The number of nitrogens with zero attached hydrogens (tertiary/aromatic N) is 3. The number of aryl methyl sites for hydroxylation is 1. The van der Waals surface area contributed by atoms with Crippen LogP contribution in [0.3, 0.4) is 0 Å². The van der Waals surface area contributed by atoms with E-state index >= 15 is 4.39 Å². The Morgan fingerprint density at radius 2 is 1.39 bits per heavy atom. The number of carbonyl (C=O) groups excluding carboxylic acids is 1. The van der Waals surface area contributed by atoms with Crippen LogP contribution in [0, 0.1) is 36.1 Å². The molecule has 0 unspecified atom stereocenters. The molecule has 0 radical (unpaired) electrons. The van der Waals surface area contributed by atoms with E-state index in [0.717, 1.165) is 18.4 Å².